The molecule has 6 heteroatoms. The summed E-state index contributed by atoms with van der Waals surface area (Å²) in [7, 11) is 2.92. The zero-order chi connectivity index (χ0) is 11.3. The van der Waals surface area contributed by atoms with Crippen LogP contribution in [0.15, 0.2) is 6.20 Å². The molecule has 2 N–H and O–H groups in total. The van der Waals surface area contributed by atoms with E-state index in [2.05, 4.69) is 9.72 Å². The fourth-order valence-electron chi connectivity index (χ4n) is 1.14. The van der Waals surface area contributed by atoms with Crippen molar-refractivity contribution in [2.45, 2.75) is 12.3 Å². The lowest BCUT2D eigenvalue weighted by Gasteiger charge is -2.09. The highest BCUT2D eigenvalue weighted by molar-refractivity contribution is 7.13. The number of nitrogens with two attached hydrogens (primary N) is 1. The van der Waals surface area contributed by atoms with Gasteiger partial charge in [0.15, 0.2) is 0 Å². The van der Waals surface area contributed by atoms with Crippen LogP contribution in [0.3, 0.4) is 0 Å². The lowest BCUT2D eigenvalue weighted by atomic mass is 10.1. The molecule has 0 aliphatic carbocycles. The number of rotatable bonds is 5. The van der Waals surface area contributed by atoms with Crippen molar-refractivity contribution in [3.05, 3.63) is 11.1 Å². The van der Waals surface area contributed by atoms with Gasteiger partial charge in [-0.25, -0.2) is 4.98 Å². The molecule has 0 fully saturated rings. The highest BCUT2D eigenvalue weighted by atomic mass is 32.1. The Kier molecular flexibility index (Phi) is 4.51. The predicted octanol–water partition coefficient (Wildman–Crippen LogP) is 0.757. The Hall–Kier alpha value is -1.14. The van der Waals surface area contributed by atoms with Gasteiger partial charge in [-0.05, 0) is 0 Å². The number of aromatic nitrogens is 1. The average Bonchev–Trinajstić information content (AvgIpc) is 2.73. The highest BCUT2D eigenvalue weighted by Gasteiger charge is 2.17. The van der Waals surface area contributed by atoms with Gasteiger partial charge >= 0.3 is 5.97 Å². The van der Waals surface area contributed by atoms with Crippen molar-refractivity contribution in [1.82, 2.24) is 4.98 Å². The van der Waals surface area contributed by atoms with E-state index in [4.69, 9.17) is 10.5 Å². The highest BCUT2D eigenvalue weighted by Crippen LogP contribution is 2.28. The molecule has 0 spiro atoms. The Morgan fingerprint density at radius 3 is 2.87 bits per heavy atom. The molecule has 1 atom stereocenters. The Labute approximate surface area is 92.2 Å². The van der Waals surface area contributed by atoms with E-state index < -0.39 is 0 Å². The first-order chi connectivity index (χ1) is 7.21. The van der Waals surface area contributed by atoms with Crippen LogP contribution in [0.2, 0.25) is 0 Å². The van der Waals surface area contributed by atoms with Crippen molar-refractivity contribution < 1.29 is 14.3 Å². The lowest BCUT2D eigenvalue weighted by molar-refractivity contribution is -0.141. The standard InChI is InChI=1S/C9H14N2O3S/c1-13-8(12)3-6(4-10)7-5-11-9(14-2)15-7/h5-6H,3-4,10H2,1-2H3. The van der Waals surface area contributed by atoms with E-state index >= 15 is 0 Å². The number of hydrogen-bond donors (Lipinski definition) is 1. The number of carbonyl (C=O) groups is 1. The molecular weight excluding hydrogens is 216 g/mol. The third-order valence-corrected chi connectivity index (χ3v) is 3.13. The van der Waals surface area contributed by atoms with Gasteiger partial charge in [-0.2, -0.15) is 0 Å². The number of thiazole rings is 1. The van der Waals surface area contributed by atoms with E-state index in [-0.39, 0.29) is 18.3 Å². The quantitative estimate of drug-likeness (QED) is 0.756. The first-order valence-corrected chi connectivity index (χ1v) is 5.29. The maximum atomic E-state index is 11.1. The molecule has 1 aromatic rings. The van der Waals surface area contributed by atoms with Gasteiger partial charge in [-0.1, -0.05) is 11.3 Å². The largest absolute Gasteiger partial charge is 0.473 e. The summed E-state index contributed by atoms with van der Waals surface area (Å²) in [6.07, 6.45) is 1.96. The molecule has 84 valence electrons. The van der Waals surface area contributed by atoms with Crippen LogP contribution in [-0.2, 0) is 9.53 Å². The zero-order valence-electron chi connectivity index (χ0n) is 8.73. The molecule has 0 amide bonds. The molecule has 5 nitrogen and oxygen atoms in total. The third-order valence-electron chi connectivity index (χ3n) is 2.00. The van der Waals surface area contributed by atoms with E-state index in [0.29, 0.717) is 11.7 Å². The van der Waals surface area contributed by atoms with Crippen LogP contribution in [0.1, 0.15) is 17.2 Å². The fraction of sp³-hybridized carbons (Fsp3) is 0.556. The van der Waals surface area contributed by atoms with Crippen LogP contribution in [-0.4, -0.2) is 31.7 Å². The second-order valence-corrected chi connectivity index (χ2v) is 3.97. The number of esters is 1. The lowest BCUT2D eigenvalue weighted by Crippen LogP contribution is -2.16. The topological polar surface area (TPSA) is 74.4 Å². The molecular formula is C9H14N2O3S. The summed E-state index contributed by atoms with van der Waals surface area (Å²) >= 11 is 1.40. The number of ether oxygens (including phenoxy) is 2. The van der Waals surface area contributed by atoms with Gasteiger partial charge in [-0.15, -0.1) is 0 Å². The Morgan fingerprint density at radius 1 is 1.67 bits per heavy atom. The number of nitrogens with zero attached hydrogens (tertiary/aromatic N) is 1. The van der Waals surface area contributed by atoms with Crippen molar-refractivity contribution in [3.63, 3.8) is 0 Å². The summed E-state index contributed by atoms with van der Waals surface area (Å²) in [5, 5.41) is 0.577. The number of hydrogen-bond acceptors (Lipinski definition) is 6. The third kappa shape index (κ3) is 3.17. The molecule has 1 aromatic heterocycles. The second-order valence-electron chi connectivity index (χ2n) is 2.95. The monoisotopic (exact) mass is 230 g/mol. The summed E-state index contributed by atoms with van der Waals surface area (Å²) in [5.41, 5.74) is 5.59. The average molecular weight is 230 g/mol. The molecule has 1 rings (SSSR count). The Bertz CT molecular complexity index is 327. The van der Waals surface area contributed by atoms with Gasteiger partial charge in [-0.3, -0.25) is 4.79 Å². The van der Waals surface area contributed by atoms with Crippen LogP contribution >= 0.6 is 11.3 Å². The number of methoxy groups -OCH3 is 2. The van der Waals surface area contributed by atoms with E-state index in [9.17, 15) is 4.79 Å². The summed E-state index contributed by atoms with van der Waals surface area (Å²) in [4.78, 5) is 16.1. The van der Waals surface area contributed by atoms with Crippen LogP contribution in [0.5, 0.6) is 5.19 Å². The van der Waals surface area contributed by atoms with Crippen LogP contribution in [0, 0.1) is 0 Å². The molecule has 15 heavy (non-hydrogen) atoms. The molecule has 0 aliphatic rings. The molecule has 0 aromatic carbocycles. The first kappa shape index (κ1) is 11.9. The summed E-state index contributed by atoms with van der Waals surface area (Å²) < 4.78 is 9.57. The second kappa shape index (κ2) is 5.67. The van der Waals surface area contributed by atoms with E-state index in [1.807, 2.05) is 0 Å². The van der Waals surface area contributed by atoms with Gasteiger partial charge < -0.3 is 15.2 Å². The van der Waals surface area contributed by atoms with E-state index in [0.717, 1.165) is 4.88 Å². The molecule has 1 heterocycles. The normalized spacial score (nSPS) is 12.2. The van der Waals surface area contributed by atoms with Crippen LogP contribution < -0.4 is 10.5 Å². The smallest absolute Gasteiger partial charge is 0.306 e. The zero-order valence-corrected chi connectivity index (χ0v) is 9.54. The molecule has 0 radical (unpaired) electrons. The predicted molar refractivity (Wildman–Crippen MR) is 57.1 cm³/mol. The van der Waals surface area contributed by atoms with Gasteiger partial charge in [0.05, 0.1) is 20.6 Å². The van der Waals surface area contributed by atoms with Crippen molar-refractivity contribution in [3.8, 4) is 5.19 Å². The summed E-state index contributed by atoms with van der Waals surface area (Å²) in [6, 6.07) is 0. The minimum absolute atomic E-state index is 0.0427. The SMILES string of the molecule is COC(=O)CC(CN)c1cnc(OC)s1. The number of carbonyl (C=O) groups excluding carboxylic acids is 1. The molecule has 0 aliphatic heterocycles. The minimum atomic E-state index is -0.266. The van der Waals surface area contributed by atoms with Gasteiger partial charge in [0.2, 0.25) is 0 Å². The maximum Gasteiger partial charge on any atom is 0.306 e. The van der Waals surface area contributed by atoms with Crippen LogP contribution in [0.4, 0.5) is 0 Å². The maximum absolute atomic E-state index is 11.1. The van der Waals surface area contributed by atoms with Gasteiger partial charge in [0.25, 0.3) is 5.19 Å². The first-order valence-electron chi connectivity index (χ1n) is 4.47. The van der Waals surface area contributed by atoms with Crippen molar-refractivity contribution in [1.29, 1.82) is 0 Å². The van der Waals surface area contributed by atoms with E-state index in [1.165, 1.54) is 18.4 Å². The molecule has 0 saturated carbocycles. The van der Waals surface area contributed by atoms with Gasteiger partial charge in [0, 0.05) is 23.5 Å². The summed E-state index contributed by atoms with van der Waals surface area (Å²) in [5.74, 6) is -0.309. The minimum Gasteiger partial charge on any atom is -0.473 e. The summed E-state index contributed by atoms with van der Waals surface area (Å²) in [6.45, 7) is 0.389. The van der Waals surface area contributed by atoms with Crippen molar-refractivity contribution in [2.24, 2.45) is 5.73 Å². The van der Waals surface area contributed by atoms with E-state index in [1.54, 1.807) is 13.3 Å². The molecule has 1 unspecified atom stereocenters. The Morgan fingerprint density at radius 2 is 2.40 bits per heavy atom. The van der Waals surface area contributed by atoms with Crippen molar-refractivity contribution in [2.75, 3.05) is 20.8 Å². The van der Waals surface area contributed by atoms with Gasteiger partial charge in [0.1, 0.15) is 0 Å². The fourth-order valence-corrected chi connectivity index (χ4v) is 1.98. The van der Waals surface area contributed by atoms with Crippen LogP contribution in [0.25, 0.3) is 0 Å². The molecule has 0 bridgehead atoms. The van der Waals surface area contributed by atoms with Crippen molar-refractivity contribution >= 4 is 17.3 Å². The molecule has 0 saturated heterocycles. The Balaban J connectivity index is 2.69.